The fraction of sp³-hybridized carbons (Fsp3) is 0.0769. The normalized spacial score (nSPS) is 10.7. The number of halogens is 1. The minimum Gasteiger partial charge on any atom is -0.372 e. The van der Waals surface area contributed by atoms with Crippen molar-refractivity contribution in [2.75, 3.05) is 5.32 Å². The van der Waals surface area contributed by atoms with Gasteiger partial charge in [0.05, 0.1) is 11.5 Å². The summed E-state index contributed by atoms with van der Waals surface area (Å²) in [4.78, 5) is 10.5. The molecule has 0 aliphatic carbocycles. The Bertz CT molecular complexity index is 817. The number of nitrogens with one attached hydrogen (secondary N) is 1. The first-order valence-electron chi connectivity index (χ1n) is 6.11. The van der Waals surface area contributed by atoms with Gasteiger partial charge in [0.2, 0.25) is 0 Å². The molecule has 0 aliphatic rings. The third-order valence-electron chi connectivity index (χ3n) is 2.98. The number of nitro benzene ring substituents is 1. The van der Waals surface area contributed by atoms with E-state index in [1.807, 2.05) is 28.8 Å². The molecule has 0 bridgehead atoms. The maximum atomic E-state index is 11.0. The molecular formula is C13H10ClN5O2. The van der Waals surface area contributed by atoms with Crippen molar-refractivity contribution in [1.29, 1.82) is 0 Å². The molecule has 106 valence electrons. The van der Waals surface area contributed by atoms with Crippen LogP contribution in [-0.2, 0) is 6.54 Å². The number of pyridine rings is 1. The molecular weight excluding hydrogens is 294 g/mol. The predicted octanol–water partition coefficient (Wildman–Crippen LogP) is 2.90. The van der Waals surface area contributed by atoms with Crippen molar-refractivity contribution in [3.63, 3.8) is 0 Å². The molecule has 3 aromatic rings. The van der Waals surface area contributed by atoms with Gasteiger partial charge in [-0.15, -0.1) is 10.2 Å². The fourth-order valence-electron chi connectivity index (χ4n) is 1.99. The Kier molecular flexibility index (Phi) is 3.41. The standard InChI is InChI=1S/C13H10ClN5O2/c14-9-4-5-10(11(7-9)19(20)21)15-8-13-17-16-12-3-1-2-6-18(12)13/h1-7,15H,8H2. The van der Waals surface area contributed by atoms with Crippen molar-refractivity contribution in [2.24, 2.45) is 0 Å². The Morgan fingerprint density at radius 3 is 2.95 bits per heavy atom. The fourth-order valence-corrected chi connectivity index (χ4v) is 2.16. The van der Waals surface area contributed by atoms with Gasteiger partial charge >= 0.3 is 0 Å². The van der Waals surface area contributed by atoms with Crippen LogP contribution in [0.5, 0.6) is 0 Å². The first-order chi connectivity index (χ1) is 10.1. The zero-order chi connectivity index (χ0) is 14.8. The van der Waals surface area contributed by atoms with E-state index in [1.54, 1.807) is 12.1 Å². The summed E-state index contributed by atoms with van der Waals surface area (Å²) in [5.41, 5.74) is 1.04. The van der Waals surface area contributed by atoms with E-state index in [0.29, 0.717) is 23.1 Å². The zero-order valence-electron chi connectivity index (χ0n) is 10.7. The van der Waals surface area contributed by atoms with Gasteiger partial charge in [0, 0.05) is 17.3 Å². The van der Waals surface area contributed by atoms with Crippen LogP contribution in [0.15, 0.2) is 42.6 Å². The van der Waals surface area contributed by atoms with Crippen LogP contribution in [0.4, 0.5) is 11.4 Å². The van der Waals surface area contributed by atoms with Gasteiger partial charge < -0.3 is 5.32 Å². The Morgan fingerprint density at radius 2 is 2.14 bits per heavy atom. The number of fused-ring (bicyclic) bond motifs is 1. The number of rotatable bonds is 4. The van der Waals surface area contributed by atoms with Gasteiger partial charge in [-0.25, -0.2) is 0 Å². The van der Waals surface area contributed by atoms with Gasteiger partial charge in [-0.05, 0) is 24.3 Å². The first-order valence-corrected chi connectivity index (χ1v) is 6.49. The van der Waals surface area contributed by atoms with Crippen LogP contribution in [0.2, 0.25) is 5.02 Å². The van der Waals surface area contributed by atoms with Gasteiger partial charge in [-0.2, -0.15) is 0 Å². The van der Waals surface area contributed by atoms with E-state index < -0.39 is 4.92 Å². The quantitative estimate of drug-likeness (QED) is 0.591. The van der Waals surface area contributed by atoms with E-state index >= 15 is 0 Å². The third kappa shape index (κ3) is 2.63. The van der Waals surface area contributed by atoms with Gasteiger partial charge in [0.25, 0.3) is 5.69 Å². The average Bonchev–Trinajstić information content (AvgIpc) is 2.89. The molecule has 2 heterocycles. The summed E-state index contributed by atoms with van der Waals surface area (Å²) >= 11 is 5.78. The van der Waals surface area contributed by atoms with Crippen LogP contribution in [0.3, 0.4) is 0 Å². The van der Waals surface area contributed by atoms with E-state index in [9.17, 15) is 10.1 Å². The highest BCUT2D eigenvalue weighted by molar-refractivity contribution is 6.30. The summed E-state index contributed by atoms with van der Waals surface area (Å²) in [5, 5.41) is 22.4. The minimum atomic E-state index is -0.476. The molecule has 0 fully saturated rings. The largest absolute Gasteiger partial charge is 0.372 e. The first kappa shape index (κ1) is 13.3. The Morgan fingerprint density at radius 1 is 1.29 bits per heavy atom. The summed E-state index contributed by atoms with van der Waals surface area (Å²) in [6, 6.07) is 10.0. The molecule has 21 heavy (non-hydrogen) atoms. The highest BCUT2D eigenvalue weighted by Crippen LogP contribution is 2.28. The van der Waals surface area contributed by atoms with Crippen molar-refractivity contribution in [3.05, 3.63) is 63.6 Å². The van der Waals surface area contributed by atoms with Crippen molar-refractivity contribution in [1.82, 2.24) is 14.6 Å². The maximum Gasteiger partial charge on any atom is 0.293 e. The van der Waals surface area contributed by atoms with E-state index in [4.69, 9.17) is 11.6 Å². The SMILES string of the molecule is O=[N+]([O-])c1cc(Cl)ccc1NCc1nnc2ccccn12. The van der Waals surface area contributed by atoms with E-state index in [2.05, 4.69) is 15.5 Å². The molecule has 1 aromatic carbocycles. The number of benzene rings is 1. The van der Waals surface area contributed by atoms with Gasteiger partial charge in [0.1, 0.15) is 5.69 Å². The average molecular weight is 304 g/mol. The smallest absolute Gasteiger partial charge is 0.293 e. The summed E-state index contributed by atoms with van der Waals surface area (Å²) in [6.07, 6.45) is 1.84. The summed E-state index contributed by atoms with van der Waals surface area (Å²) in [5.74, 6) is 0.662. The number of nitro groups is 1. The molecule has 0 radical (unpaired) electrons. The minimum absolute atomic E-state index is 0.0729. The summed E-state index contributed by atoms with van der Waals surface area (Å²) in [6.45, 7) is 0.313. The third-order valence-corrected chi connectivity index (χ3v) is 3.21. The summed E-state index contributed by atoms with van der Waals surface area (Å²) < 4.78 is 1.81. The molecule has 0 spiro atoms. The van der Waals surface area contributed by atoms with Crippen molar-refractivity contribution >= 4 is 28.6 Å². The molecule has 1 N–H and O–H groups in total. The van der Waals surface area contributed by atoms with Crippen LogP contribution in [0.1, 0.15) is 5.82 Å². The molecule has 0 saturated carbocycles. The van der Waals surface area contributed by atoms with Crippen molar-refractivity contribution in [2.45, 2.75) is 6.54 Å². The lowest BCUT2D eigenvalue weighted by atomic mass is 10.2. The predicted molar refractivity (Wildman–Crippen MR) is 78.4 cm³/mol. The van der Waals surface area contributed by atoms with E-state index in [-0.39, 0.29) is 5.69 Å². The molecule has 0 unspecified atom stereocenters. The highest BCUT2D eigenvalue weighted by atomic mass is 35.5. The van der Waals surface area contributed by atoms with Gasteiger partial charge in [-0.3, -0.25) is 14.5 Å². The molecule has 0 saturated heterocycles. The monoisotopic (exact) mass is 303 g/mol. The van der Waals surface area contributed by atoms with Crippen LogP contribution in [0.25, 0.3) is 5.65 Å². The second kappa shape index (κ2) is 5.37. The molecule has 0 atom stereocenters. The Labute approximate surface area is 124 Å². The molecule has 7 nitrogen and oxygen atoms in total. The molecule has 0 amide bonds. The number of anilines is 1. The number of aromatic nitrogens is 3. The zero-order valence-corrected chi connectivity index (χ0v) is 11.5. The molecule has 0 aliphatic heterocycles. The second-order valence-electron chi connectivity index (χ2n) is 4.32. The van der Waals surface area contributed by atoms with E-state index in [0.717, 1.165) is 5.65 Å². The lowest BCUT2D eigenvalue weighted by Crippen LogP contribution is -2.06. The lowest BCUT2D eigenvalue weighted by Gasteiger charge is -2.06. The number of hydrogen-bond acceptors (Lipinski definition) is 5. The molecule has 2 aromatic heterocycles. The van der Waals surface area contributed by atoms with Crippen molar-refractivity contribution < 1.29 is 4.92 Å². The lowest BCUT2D eigenvalue weighted by molar-refractivity contribution is -0.383. The van der Waals surface area contributed by atoms with Gasteiger partial charge in [0.15, 0.2) is 11.5 Å². The topological polar surface area (TPSA) is 85.4 Å². The highest BCUT2D eigenvalue weighted by Gasteiger charge is 2.14. The van der Waals surface area contributed by atoms with Crippen LogP contribution >= 0.6 is 11.6 Å². The van der Waals surface area contributed by atoms with Crippen LogP contribution < -0.4 is 5.32 Å². The Balaban J connectivity index is 1.87. The number of nitrogens with zero attached hydrogens (tertiary/aromatic N) is 4. The second-order valence-corrected chi connectivity index (χ2v) is 4.75. The maximum absolute atomic E-state index is 11.0. The van der Waals surface area contributed by atoms with Crippen molar-refractivity contribution in [3.8, 4) is 0 Å². The molecule has 8 heteroatoms. The molecule has 3 rings (SSSR count). The summed E-state index contributed by atoms with van der Waals surface area (Å²) in [7, 11) is 0. The Hall–Kier alpha value is -2.67. The van der Waals surface area contributed by atoms with Gasteiger partial charge in [-0.1, -0.05) is 17.7 Å². The number of hydrogen-bond donors (Lipinski definition) is 1. The van der Waals surface area contributed by atoms with Crippen LogP contribution in [0, 0.1) is 10.1 Å². The van der Waals surface area contributed by atoms with E-state index in [1.165, 1.54) is 6.07 Å². The van der Waals surface area contributed by atoms with Crippen LogP contribution in [-0.4, -0.2) is 19.5 Å².